The van der Waals surface area contributed by atoms with Crippen LogP contribution in [0.2, 0.25) is 0 Å². The molecule has 112 valence electrons. The second kappa shape index (κ2) is 5.71. The first-order chi connectivity index (χ1) is 9.29. The number of aliphatic hydroxyl groups excluding tert-OH is 1. The Morgan fingerprint density at radius 2 is 2.00 bits per heavy atom. The van der Waals surface area contributed by atoms with E-state index in [9.17, 15) is 13.5 Å². The lowest BCUT2D eigenvalue weighted by atomic mass is 10.2. The van der Waals surface area contributed by atoms with E-state index >= 15 is 0 Å². The molecule has 1 aromatic rings. The Morgan fingerprint density at radius 3 is 2.60 bits per heavy atom. The molecule has 0 aromatic heterocycles. The van der Waals surface area contributed by atoms with Gasteiger partial charge in [-0.1, -0.05) is 12.1 Å². The highest BCUT2D eigenvalue weighted by Gasteiger charge is 2.33. The largest absolute Gasteiger partial charge is 0.391 e. The van der Waals surface area contributed by atoms with Gasteiger partial charge in [-0.2, -0.15) is 0 Å². The summed E-state index contributed by atoms with van der Waals surface area (Å²) in [6.45, 7) is 1.26. The van der Waals surface area contributed by atoms with Gasteiger partial charge in [0.05, 0.1) is 16.7 Å². The van der Waals surface area contributed by atoms with Crippen molar-refractivity contribution in [1.82, 2.24) is 4.90 Å². The van der Waals surface area contributed by atoms with Crippen LogP contribution >= 0.6 is 0 Å². The molecule has 1 fully saturated rings. The molecule has 0 aliphatic carbocycles. The molecule has 6 heteroatoms. The Labute approximate surface area is 120 Å². The first-order valence-electron chi connectivity index (χ1n) is 6.67. The zero-order chi connectivity index (χ0) is 14.9. The molecule has 1 N–H and O–H groups in total. The van der Waals surface area contributed by atoms with Gasteiger partial charge in [0, 0.05) is 25.4 Å². The number of nitrogens with zero attached hydrogens (tertiary/aromatic N) is 2. The van der Waals surface area contributed by atoms with Gasteiger partial charge < -0.3 is 14.9 Å². The summed E-state index contributed by atoms with van der Waals surface area (Å²) in [5, 5.41) is 9.93. The molecule has 20 heavy (non-hydrogen) atoms. The first kappa shape index (κ1) is 15.3. The van der Waals surface area contributed by atoms with Crippen molar-refractivity contribution in [3.8, 4) is 0 Å². The summed E-state index contributed by atoms with van der Waals surface area (Å²) in [6.07, 6.45) is 1.47. The molecule has 0 radical (unpaired) electrons. The van der Waals surface area contributed by atoms with Gasteiger partial charge in [-0.15, -0.1) is 0 Å². The van der Waals surface area contributed by atoms with Crippen LogP contribution in [0.1, 0.15) is 6.42 Å². The summed E-state index contributed by atoms with van der Waals surface area (Å²) in [6, 6.07) is 7.14. The Kier molecular flexibility index (Phi) is 4.36. The monoisotopic (exact) mass is 298 g/mol. The minimum atomic E-state index is -3.28. The molecule has 1 aliphatic heterocycles. The molecular formula is C14H22N2O3S. The van der Waals surface area contributed by atoms with Crippen molar-refractivity contribution in [3.63, 3.8) is 0 Å². The number of para-hydroxylation sites is 1. The van der Waals surface area contributed by atoms with E-state index in [1.807, 2.05) is 31.1 Å². The predicted molar refractivity (Wildman–Crippen MR) is 79.9 cm³/mol. The number of hydrogen-bond acceptors (Lipinski definition) is 5. The second-order valence-corrected chi connectivity index (χ2v) is 7.68. The third-order valence-corrected chi connectivity index (χ3v) is 4.69. The smallest absolute Gasteiger partial charge is 0.177 e. The quantitative estimate of drug-likeness (QED) is 0.881. The van der Waals surface area contributed by atoms with Crippen molar-refractivity contribution in [2.45, 2.75) is 23.5 Å². The number of rotatable bonds is 4. The standard InChI is InChI=1S/C14H22N2O3S/c1-15(2)9-11-8-12(17)10-16(11)13-6-4-5-7-14(13)20(3,18)19/h4-7,11-12,17H,8-10H2,1-3H3. The molecule has 1 saturated heterocycles. The molecule has 1 aliphatic rings. The highest BCUT2D eigenvalue weighted by atomic mass is 32.2. The van der Waals surface area contributed by atoms with Crippen LogP contribution in [0.4, 0.5) is 5.69 Å². The van der Waals surface area contributed by atoms with Gasteiger partial charge in [0.2, 0.25) is 0 Å². The first-order valence-corrected chi connectivity index (χ1v) is 8.56. The van der Waals surface area contributed by atoms with Crippen LogP contribution in [0.5, 0.6) is 0 Å². The lowest BCUT2D eigenvalue weighted by Crippen LogP contribution is -2.38. The van der Waals surface area contributed by atoms with Crippen molar-refractivity contribution in [3.05, 3.63) is 24.3 Å². The minimum Gasteiger partial charge on any atom is -0.391 e. The van der Waals surface area contributed by atoms with Crippen LogP contribution in [-0.4, -0.2) is 64.0 Å². The Hall–Kier alpha value is -1.11. The fraction of sp³-hybridized carbons (Fsp3) is 0.571. The normalized spacial score (nSPS) is 23.6. The number of likely N-dealkylation sites (N-methyl/N-ethyl adjacent to an activating group) is 1. The second-order valence-electron chi connectivity index (χ2n) is 5.70. The summed E-state index contributed by atoms with van der Waals surface area (Å²) in [5.74, 6) is 0. The highest BCUT2D eigenvalue weighted by Crippen LogP contribution is 2.31. The van der Waals surface area contributed by atoms with Gasteiger partial charge in [-0.3, -0.25) is 0 Å². The van der Waals surface area contributed by atoms with E-state index in [-0.39, 0.29) is 6.04 Å². The molecular weight excluding hydrogens is 276 g/mol. The maximum atomic E-state index is 11.9. The lowest BCUT2D eigenvalue weighted by molar-refractivity contribution is 0.191. The number of aliphatic hydroxyl groups is 1. The Bertz CT molecular complexity index is 572. The Morgan fingerprint density at radius 1 is 1.35 bits per heavy atom. The molecule has 0 spiro atoms. The Balaban J connectivity index is 2.39. The van der Waals surface area contributed by atoms with E-state index in [1.165, 1.54) is 6.26 Å². The summed E-state index contributed by atoms with van der Waals surface area (Å²) in [5.41, 5.74) is 0.693. The summed E-state index contributed by atoms with van der Waals surface area (Å²) >= 11 is 0. The highest BCUT2D eigenvalue weighted by molar-refractivity contribution is 7.90. The van der Waals surface area contributed by atoms with E-state index in [0.29, 0.717) is 23.5 Å². The maximum Gasteiger partial charge on any atom is 0.177 e. The SMILES string of the molecule is CN(C)CC1CC(O)CN1c1ccccc1S(C)(=O)=O. The van der Waals surface area contributed by atoms with E-state index in [1.54, 1.807) is 12.1 Å². The fourth-order valence-corrected chi connectivity index (χ4v) is 3.68. The van der Waals surface area contributed by atoms with Gasteiger partial charge in [-0.25, -0.2) is 8.42 Å². The van der Waals surface area contributed by atoms with Crippen molar-refractivity contribution in [2.75, 3.05) is 38.3 Å². The number of anilines is 1. The van der Waals surface area contributed by atoms with Crippen LogP contribution in [0.3, 0.4) is 0 Å². The van der Waals surface area contributed by atoms with E-state index in [2.05, 4.69) is 4.90 Å². The van der Waals surface area contributed by atoms with Crippen molar-refractivity contribution < 1.29 is 13.5 Å². The number of benzene rings is 1. The predicted octanol–water partition coefficient (Wildman–Crippen LogP) is 0.591. The summed E-state index contributed by atoms with van der Waals surface area (Å²) < 4.78 is 23.8. The number of sulfone groups is 1. The zero-order valence-corrected chi connectivity index (χ0v) is 13.0. The zero-order valence-electron chi connectivity index (χ0n) is 12.2. The average Bonchev–Trinajstić information content (AvgIpc) is 2.68. The van der Waals surface area contributed by atoms with Gasteiger partial charge in [-0.05, 0) is 32.6 Å². The van der Waals surface area contributed by atoms with Crippen LogP contribution < -0.4 is 4.90 Å². The minimum absolute atomic E-state index is 0.128. The van der Waals surface area contributed by atoms with Gasteiger partial charge >= 0.3 is 0 Å². The van der Waals surface area contributed by atoms with Crippen LogP contribution in [0.25, 0.3) is 0 Å². The molecule has 0 amide bonds. The molecule has 2 unspecified atom stereocenters. The van der Waals surface area contributed by atoms with Crippen LogP contribution in [0, 0.1) is 0 Å². The molecule has 1 heterocycles. The van der Waals surface area contributed by atoms with E-state index in [0.717, 1.165) is 6.54 Å². The number of hydrogen-bond donors (Lipinski definition) is 1. The van der Waals surface area contributed by atoms with E-state index in [4.69, 9.17) is 0 Å². The molecule has 2 atom stereocenters. The van der Waals surface area contributed by atoms with Gasteiger partial charge in [0.1, 0.15) is 0 Å². The summed E-state index contributed by atoms with van der Waals surface area (Å²) in [4.78, 5) is 4.40. The van der Waals surface area contributed by atoms with E-state index < -0.39 is 15.9 Å². The molecule has 1 aromatic carbocycles. The van der Waals surface area contributed by atoms with Crippen molar-refractivity contribution in [2.24, 2.45) is 0 Å². The molecule has 0 saturated carbocycles. The third-order valence-electron chi connectivity index (χ3n) is 3.54. The van der Waals surface area contributed by atoms with Crippen molar-refractivity contribution >= 4 is 15.5 Å². The van der Waals surface area contributed by atoms with Crippen molar-refractivity contribution in [1.29, 1.82) is 0 Å². The molecule has 5 nitrogen and oxygen atoms in total. The molecule has 0 bridgehead atoms. The van der Waals surface area contributed by atoms with Crippen LogP contribution in [-0.2, 0) is 9.84 Å². The average molecular weight is 298 g/mol. The van der Waals surface area contributed by atoms with Crippen LogP contribution in [0.15, 0.2) is 29.2 Å². The third kappa shape index (κ3) is 3.31. The maximum absolute atomic E-state index is 11.9. The fourth-order valence-electron chi connectivity index (χ4n) is 2.79. The van der Waals surface area contributed by atoms with Gasteiger partial charge in [0.25, 0.3) is 0 Å². The topological polar surface area (TPSA) is 60.9 Å². The lowest BCUT2D eigenvalue weighted by Gasteiger charge is -2.30. The summed E-state index contributed by atoms with van der Waals surface area (Å²) in [7, 11) is 0.678. The number of β-amino-alcohol motifs (C(OH)–C–C–N with tert-alkyl or cyclic N) is 1. The molecule has 2 rings (SSSR count). The van der Waals surface area contributed by atoms with Gasteiger partial charge in [0.15, 0.2) is 9.84 Å².